The van der Waals surface area contributed by atoms with Crippen LogP contribution in [-0.4, -0.2) is 6.61 Å². The molecule has 3 aromatic carbocycles. The van der Waals surface area contributed by atoms with Gasteiger partial charge in [0.2, 0.25) is 0 Å². The Morgan fingerprint density at radius 2 is 1.45 bits per heavy atom. The van der Waals surface area contributed by atoms with Crippen LogP contribution < -0.4 is 0 Å². The van der Waals surface area contributed by atoms with Crippen molar-refractivity contribution in [3.05, 3.63) is 71.2 Å². The zero-order valence-electron chi connectivity index (χ0n) is 12.5. The van der Waals surface area contributed by atoms with E-state index >= 15 is 0 Å². The number of fused-ring (bicyclic) bond motifs is 2. The third-order valence-electron chi connectivity index (χ3n) is 3.92. The molecule has 0 saturated carbocycles. The Morgan fingerprint density at radius 3 is 2.00 bits per heavy atom. The standard InChI is InChI=1S/C20H19BrO/c1-2-3-8-13-22-14-19-15-9-4-6-11-17(15)20(21)18-12-7-5-10-16(18)19/h2,4-7,9-12H,1,3,8,13-14H2. The van der Waals surface area contributed by atoms with E-state index in [0.29, 0.717) is 6.61 Å². The van der Waals surface area contributed by atoms with Gasteiger partial charge >= 0.3 is 0 Å². The molecule has 0 aliphatic rings. The van der Waals surface area contributed by atoms with Crippen LogP contribution in [0.15, 0.2) is 65.7 Å². The molecule has 0 aromatic heterocycles. The first-order chi connectivity index (χ1) is 10.8. The molecule has 3 aromatic rings. The Balaban J connectivity index is 2.05. The summed E-state index contributed by atoms with van der Waals surface area (Å²) in [5.41, 5.74) is 1.27. The van der Waals surface area contributed by atoms with E-state index in [-0.39, 0.29) is 0 Å². The second-order valence-corrected chi connectivity index (χ2v) is 6.16. The van der Waals surface area contributed by atoms with Gasteiger partial charge in [0.1, 0.15) is 0 Å². The van der Waals surface area contributed by atoms with Crippen molar-refractivity contribution in [1.29, 1.82) is 0 Å². The summed E-state index contributed by atoms with van der Waals surface area (Å²) in [6.45, 7) is 5.16. The maximum absolute atomic E-state index is 5.91. The fourth-order valence-electron chi connectivity index (χ4n) is 2.82. The summed E-state index contributed by atoms with van der Waals surface area (Å²) in [6.07, 6.45) is 3.96. The number of halogens is 1. The summed E-state index contributed by atoms with van der Waals surface area (Å²) in [5.74, 6) is 0. The van der Waals surface area contributed by atoms with Gasteiger partial charge in [0, 0.05) is 11.1 Å². The lowest BCUT2D eigenvalue weighted by Gasteiger charge is -2.14. The number of allylic oxidation sites excluding steroid dienone is 1. The van der Waals surface area contributed by atoms with Crippen LogP contribution in [0, 0.1) is 0 Å². The number of hydrogen-bond acceptors (Lipinski definition) is 1. The maximum Gasteiger partial charge on any atom is 0.0728 e. The largest absolute Gasteiger partial charge is 0.377 e. The highest BCUT2D eigenvalue weighted by atomic mass is 79.9. The quantitative estimate of drug-likeness (QED) is 0.289. The van der Waals surface area contributed by atoms with Gasteiger partial charge in [-0.15, -0.1) is 6.58 Å². The molecule has 0 spiro atoms. The first-order valence-electron chi connectivity index (χ1n) is 7.59. The van der Waals surface area contributed by atoms with Gasteiger partial charge in [-0.3, -0.25) is 0 Å². The highest BCUT2D eigenvalue weighted by Gasteiger charge is 2.11. The Morgan fingerprint density at radius 1 is 0.909 bits per heavy atom. The molecule has 0 aliphatic heterocycles. The van der Waals surface area contributed by atoms with E-state index in [2.05, 4.69) is 71.0 Å². The molecule has 22 heavy (non-hydrogen) atoms. The molecule has 0 aliphatic carbocycles. The van der Waals surface area contributed by atoms with Crippen LogP contribution >= 0.6 is 15.9 Å². The average Bonchev–Trinajstić information content (AvgIpc) is 2.57. The molecule has 3 rings (SSSR count). The van der Waals surface area contributed by atoms with Gasteiger partial charge in [0.25, 0.3) is 0 Å². The van der Waals surface area contributed by atoms with Gasteiger partial charge in [-0.1, -0.05) is 54.6 Å². The molecule has 0 radical (unpaired) electrons. The fraction of sp³-hybridized carbons (Fsp3) is 0.200. The highest BCUT2D eigenvalue weighted by molar-refractivity contribution is 9.10. The van der Waals surface area contributed by atoms with Crippen molar-refractivity contribution in [2.75, 3.05) is 6.61 Å². The molecule has 0 unspecified atom stereocenters. The van der Waals surface area contributed by atoms with E-state index in [9.17, 15) is 0 Å². The molecule has 2 heteroatoms. The van der Waals surface area contributed by atoms with Crippen molar-refractivity contribution < 1.29 is 4.74 Å². The van der Waals surface area contributed by atoms with Gasteiger partial charge in [-0.05, 0) is 55.9 Å². The first-order valence-corrected chi connectivity index (χ1v) is 8.38. The molecule has 0 atom stereocenters. The lowest BCUT2D eigenvalue weighted by atomic mass is 9.97. The van der Waals surface area contributed by atoms with Crippen LogP contribution in [0.2, 0.25) is 0 Å². The van der Waals surface area contributed by atoms with E-state index in [0.717, 1.165) is 23.9 Å². The van der Waals surface area contributed by atoms with Gasteiger partial charge in [0.05, 0.1) is 6.61 Å². The van der Waals surface area contributed by atoms with Crippen LogP contribution in [0.4, 0.5) is 0 Å². The molecule has 0 N–H and O–H groups in total. The maximum atomic E-state index is 5.91. The van der Waals surface area contributed by atoms with Crippen molar-refractivity contribution in [3.8, 4) is 0 Å². The molecule has 0 amide bonds. The summed E-state index contributed by atoms with van der Waals surface area (Å²) in [5, 5.41) is 5.00. The van der Waals surface area contributed by atoms with Gasteiger partial charge in [0.15, 0.2) is 0 Å². The Bertz CT molecular complexity index is 750. The minimum Gasteiger partial charge on any atom is -0.377 e. The van der Waals surface area contributed by atoms with Gasteiger partial charge < -0.3 is 4.74 Å². The van der Waals surface area contributed by atoms with Crippen molar-refractivity contribution in [3.63, 3.8) is 0 Å². The fourth-order valence-corrected chi connectivity index (χ4v) is 3.52. The molecule has 0 heterocycles. The van der Waals surface area contributed by atoms with E-state index < -0.39 is 0 Å². The normalized spacial score (nSPS) is 11.1. The minimum absolute atomic E-state index is 0.644. The number of benzene rings is 3. The SMILES string of the molecule is C=CCCCOCc1c2ccccc2c(Br)c2ccccc12. The van der Waals surface area contributed by atoms with E-state index in [4.69, 9.17) is 4.74 Å². The first kappa shape index (κ1) is 15.3. The Labute approximate surface area is 139 Å². The summed E-state index contributed by atoms with van der Waals surface area (Å²) in [6, 6.07) is 17.0. The molecular formula is C20H19BrO. The number of ether oxygens (including phenoxy) is 1. The van der Waals surface area contributed by atoms with Crippen molar-refractivity contribution >= 4 is 37.5 Å². The van der Waals surface area contributed by atoms with Crippen LogP contribution in [0.25, 0.3) is 21.5 Å². The van der Waals surface area contributed by atoms with Crippen LogP contribution in [0.3, 0.4) is 0 Å². The monoisotopic (exact) mass is 354 g/mol. The molecule has 0 bridgehead atoms. The Hall–Kier alpha value is -1.64. The predicted octanol–water partition coefficient (Wildman–Crippen LogP) is 6.24. The predicted molar refractivity (Wildman–Crippen MR) is 98.2 cm³/mol. The summed E-state index contributed by atoms with van der Waals surface area (Å²) < 4.78 is 7.08. The summed E-state index contributed by atoms with van der Waals surface area (Å²) >= 11 is 3.77. The lowest BCUT2D eigenvalue weighted by molar-refractivity contribution is 0.121. The van der Waals surface area contributed by atoms with Crippen molar-refractivity contribution in [1.82, 2.24) is 0 Å². The molecule has 0 fully saturated rings. The zero-order valence-corrected chi connectivity index (χ0v) is 14.1. The lowest BCUT2D eigenvalue weighted by Crippen LogP contribution is -1.98. The number of hydrogen-bond donors (Lipinski definition) is 0. The zero-order chi connectivity index (χ0) is 15.4. The minimum atomic E-state index is 0.644. The van der Waals surface area contributed by atoms with Crippen LogP contribution in [0.5, 0.6) is 0 Å². The third-order valence-corrected chi connectivity index (χ3v) is 4.77. The summed E-state index contributed by atoms with van der Waals surface area (Å²) in [4.78, 5) is 0. The van der Waals surface area contributed by atoms with Gasteiger partial charge in [-0.25, -0.2) is 0 Å². The average molecular weight is 355 g/mol. The van der Waals surface area contributed by atoms with E-state index in [1.165, 1.54) is 27.1 Å². The summed E-state index contributed by atoms with van der Waals surface area (Å²) in [7, 11) is 0. The van der Waals surface area contributed by atoms with Gasteiger partial charge in [-0.2, -0.15) is 0 Å². The van der Waals surface area contributed by atoms with E-state index in [1.807, 2.05) is 6.08 Å². The highest BCUT2D eigenvalue weighted by Crippen LogP contribution is 2.36. The molecular weight excluding hydrogens is 336 g/mol. The smallest absolute Gasteiger partial charge is 0.0728 e. The topological polar surface area (TPSA) is 9.23 Å². The number of rotatable bonds is 6. The second-order valence-electron chi connectivity index (χ2n) is 5.37. The third kappa shape index (κ3) is 2.94. The Kier molecular flexibility index (Phi) is 4.91. The van der Waals surface area contributed by atoms with E-state index in [1.54, 1.807) is 0 Å². The van der Waals surface area contributed by atoms with Crippen molar-refractivity contribution in [2.45, 2.75) is 19.4 Å². The van der Waals surface area contributed by atoms with Crippen LogP contribution in [-0.2, 0) is 11.3 Å². The van der Waals surface area contributed by atoms with Crippen LogP contribution in [0.1, 0.15) is 18.4 Å². The number of unbranched alkanes of at least 4 members (excludes halogenated alkanes) is 1. The molecule has 112 valence electrons. The van der Waals surface area contributed by atoms with Crippen molar-refractivity contribution in [2.24, 2.45) is 0 Å². The molecule has 0 saturated heterocycles. The second kappa shape index (κ2) is 7.08. The molecule has 1 nitrogen and oxygen atoms in total.